The van der Waals surface area contributed by atoms with Gasteiger partial charge in [0.15, 0.2) is 12.0 Å². The second kappa shape index (κ2) is 3.75. The third kappa shape index (κ3) is 2.08. The van der Waals surface area contributed by atoms with Crippen molar-refractivity contribution in [2.45, 2.75) is 6.92 Å². The Bertz CT molecular complexity index is 349. The van der Waals surface area contributed by atoms with Crippen LogP contribution in [0.2, 0.25) is 0 Å². The molecule has 0 atom stereocenters. The van der Waals surface area contributed by atoms with Crippen LogP contribution in [0.25, 0.3) is 0 Å². The molecule has 0 fully saturated rings. The lowest BCUT2D eigenvalue weighted by Crippen LogP contribution is -2.07. The number of aromatic nitrogens is 2. The fourth-order valence-electron chi connectivity index (χ4n) is 0.860. The minimum atomic E-state index is -0.575. The first kappa shape index (κ1) is 9.31. The number of nitrogens with zero attached hydrogens (tertiary/aromatic N) is 2. The Kier molecular flexibility index (Phi) is 2.69. The number of hydrogen-bond donors (Lipinski definition) is 0. The molecule has 0 spiro atoms. The van der Waals surface area contributed by atoms with Crippen LogP contribution in [0.15, 0.2) is 6.07 Å². The maximum atomic E-state index is 11.0. The average molecular weight is 180 g/mol. The molecule has 1 heterocycles. The number of carbonyl (C=O) groups is 2. The molecule has 0 saturated carbocycles. The first-order valence-electron chi connectivity index (χ1n) is 3.56. The van der Waals surface area contributed by atoms with Gasteiger partial charge in [0, 0.05) is 6.07 Å². The van der Waals surface area contributed by atoms with Crippen molar-refractivity contribution >= 4 is 12.3 Å². The Labute approximate surface area is 74.8 Å². The van der Waals surface area contributed by atoms with Gasteiger partial charge in [-0.3, -0.25) is 4.79 Å². The normalized spacial score (nSPS) is 9.38. The highest BCUT2D eigenvalue weighted by molar-refractivity contribution is 5.88. The molecule has 0 amide bonds. The summed E-state index contributed by atoms with van der Waals surface area (Å²) in [5.41, 5.74) is 0.269. The number of rotatable bonds is 2. The van der Waals surface area contributed by atoms with Gasteiger partial charge in [-0.2, -0.15) is 0 Å². The summed E-state index contributed by atoms with van der Waals surface area (Å²) < 4.78 is 4.45. The monoisotopic (exact) mass is 180 g/mol. The highest BCUT2D eigenvalue weighted by Crippen LogP contribution is 2.00. The van der Waals surface area contributed by atoms with Crippen molar-refractivity contribution in [1.29, 1.82) is 0 Å². The van der Waals surface area contributed by atoms with E-state index < -0.39 is 5.97 Å². The van der Waals surface area contributed by atoms with Gasteiger partial charge < -0.3 is 4.74 Å². The fourth-order valence-corrected chi connectivity index (χ4v) is 0.860. The van der Waals surface area contributed by atoms with E-state index in [1.165, 1.54) is 13.2 Å². The molecule has 5 nitrogen and oxygen atoms in total. The van der Waals surface area contributed by atoms with E-state index in [1.807, 2.05) is 0 Å². The molecule has 5 heteroatoms. The minimum Gasteiger partial charge on any atom is -0.464 e. The molecule has 1 aromatic rings. The molecule has 0 aliphatic heterocycles. The molecule has 13 heavy (non-hydrogen) atoms. The summed E-state index contributed by atoms with van der Waals surface area (Å²) in [5.74, 6) is -0.210. The molecule has 68 valence electrons. The lowest BCUT2D eigenvalue weighted by molar-refractivity contribution is 0.0593. The first-order chi connectivity index (χ1) is 6.17. The van der Waals surface area contributed by atoms with Gasteiger partial charge in [0.1, 0.15) is 11.5 Å². The number of hydrogen-bond acceptors (Lipinski definition) is 5. The van der Waals surface area contributed by atoms with E-state index in [4.69, 9.17) is 0 Å². The third-order valence-electron chi connectivity index (χ3n) is 1.37. The maximum absolute atomic E-state index is 11.0. The van der Waals surface area contributed by atoms with Gasteiger partial charge in [-0.15, -0.1) is 0 Å². The fraction of sp³-hybridized carbons (Fsp3) is 0.250. The molecule has 0 N–H and O–H groups in total. The van der Waals surface area contributed by atoms with Gasteiger partial charge in [-0.1, -0.05) is 0 Å². The Balaban J connectivity index is 3.15. The summed E-state index contributed by atoms with van der Waals surface area (Å²) in [7, 11) is 1.25. The van der Waals surface area contributed by atoms with Gasteiger partial charge in [0.05, 0.1) is 7.11 Å². The van der Waals surface area contributed by atoms with Crippen molar-refractivity contribution in [3.8, 4) is 0 Å². The number of esters is 1. The van der Waals surface area contributed by atoms with Gasteiger partial charge in [0.25, 0.3) is 0 Å². The molecule has 0 radical (unpaired) electrons. The van der Waals surface area contributed by atoms with Crippen LogP contribution in [0.3, 0.4) is 0 Å². The number of carbonyl (C=O) groups excluding carboxylic acids is 2. The summed E-state index contributed by atoms with van der Waals surface area (Å²) in [6.07, 6.45) is 0.557. The summed E-state index contributed by atoms with van der Waals surface area (Å²) in [4.78, 5) is 29.0. The van der Waals surface area contributed by atoms with E-state index in [0.29, 0.717) is 12.1 Å². The van der Waals surface area contributed by atoms with Crippen molar-refractivity contribution in [2.75, 3.05) is 7.11 Å². The number of aryl methyl sites for hydroxylation is 1. The van der Waals surface area contributed by atoms with Crippen molar-refractivity contribution in [2.24, 2.45) is 0 Å². The van der Waals surface area contributed by atoms with Crippen molar-refractivity contribution in [1.82, 2.24) is 9.97 Å². The van der Waals surface area contributed by atoms with Crippen LogP contribution in [0, 0.1) is 6.92 Å². The molecule has 0 saturated heterocycles. The molecule has 0 aliphatic carbocycles. The lowest BCUT2D eigenvalue weighted by Gasteiger charge is -1.99. The summed E-state index contributed by atoms with van der Waals surface area (Å²) in [6, 6.07) is 1.28. The quantitative estimate of drug-likeness (QED) is 0.486. The molecule has 0 aliphatic rings. The topological polar surface area (TPSA) is 69.2 Å². The predicted octanol–water partition coefficient (Wildman–Crippen LogP) is 0.384. The Morgan fingerprint density at radius 1 is 1.54 bits per heavy atom. The SMILES string of the molecule is COC(=O)c1cc(C=O)nc(C)n1. The lowest BCUT2D eigenvalue weighted by atomic mass is 10.3. The molecule has 0 aromatic carbocycles. The Morgan fingerprint density at radius 3 is 2.77 bits per heavy atom. The maximum Gasteiger partial charge on any atom is 0.356 e. The minimum absolute atomic E-state index is 0.0945. The van der Waals surface area contributed by atoms with Crippen LogP contribution >= 0.6 is 0 Å². The molecule has 1 aromatic heterocycles. The van der Waals surface area contributed by atoms with Crippen LogP contribution in [0.5, 0.6) is 0 Å². The molecular formula is C8H8N2O3. The number of ether oxygens (including phenoxy) is 1. The van der Waals surface area contributed by atoms with Crippen LogP contribution < -0.4 is 0 Å². The van der Waals surface area contributed by atoms with E-state index in [9.17, 15) is 9.59 Å². The average Bonchev–Trinajstić information content (AvgIpc) is 2.15. The zero-order chi connectivity index (χ0) is 9.84. The van der Waals surface area contributed by atoms with Crippen LogP contribution in [-0.4, -0.2) is 29.3 Å². The zero-order valence-electron chi connectivity index (χ0n) is 7.27. The largest absolute Gasteiger partial charge is 0.464 e. The second-order valence-corrected chi connectivity index (χ2v) is 2.33. The predicted molar refractivity (Wildman–Crippen MR) is 43.5 cm³/mol. The van der Waals surface area contributed by atoms with Gasteiger partial charge >= 0.3 is 5.97 Å². The molecule has 0 unspecified atom stereocenters. The second-order valence-electron chi connectivity index (χ2n) is 2.33. The molecular weight excluding hydrogens is 172 g/mol. The highest BCUT2D eigenvalue weighted by atomic mass is 16.5. The van der Waals surface area contributed by atoms with Crippen molar-refractivity contribution in [3.63, 3.8) is 0 Å². The van der Waals surface area contributed by atoms with Crippen LogP contribution in [-0.2, 0) is 4.74 Å². The van der Waals surface area contributed by atoms with E-state index in [0.717, 1.165) is 0 Å². The number of aldehydes is 1. The Morgan fingerprint density at radius 2 is 2.23 bits per heavy atom. The third-order valence-corrected chi connectivity index (χ3v) is 1.37. The van der Waals surface area contributed by atoms with Gasteiger partial charge in [-0.25, -0.2) is 14.8 Å². The standard InChI is InChI=1S/C8H8N2O3/c1-5-9-6(4-11)3-7(10-5)8(12)13-2/h3-4H,1-2H3. The van der Waals surface area contributed by atoms with Crippen LogP contribution in [0.4, 0.5) is 0 Å². The Hall–Kier alpha value is -1.78. The van der Waals surface area contributed by atoms with Crippen molar-refractivity contribution in [3.05, 3.63) is 23.3 Å². The van der Waals surface area contributed by atoms with Crippen LogP contribution in [0.1, 0.15) is 26.8 Å². The van der Waals surface area contributed by atoms with E-state index >= 15 is 0 Å². The van der Waals surface area contributed by atoms with E-state index in [-0.39, 0.29) is 11.4 Å². The van der Waals surface area contributed by atoms with Gasteiger partial charge in [0.2, 0.25) is 0 Å². The van der Waals surface area contributed by atoms with E-state index in [2.05, 4.69) is 14.7 Å². The summed E-state index contributed by atoms with van der Waals surface area (Å²) in [6.45, 7) is 1.60. The summed E-state index contributed by atoms with van der Waals surface area (Å²) in [5, 5.41) is 0. The molecule has 0 bridgehead atoms. The van der Waals surface area contributed by atoms with Gasteiger partial charge in [-0.05, 0) is 6.92 Å². The van der Waals surface area contributed by atoms with E-state index in [1.54, 1.807) is 6.92 Å². The smallest absolute Gasteiger partial charge is 0.356 e. The first-order valence-corrected chi connectivity index (χ1v) is 3.56. The van der Waals surface area contributed by atoms with Crippen molar-refractivity contribution < 1.29 is 14.3 Å². The zero-order valence-corrected chi connectivity index (χ0v) is 7.27. The number of methoxy groups -OCH3 is 1. The molecule has 1 rings (SSSR count). The highest BCUT2D eigenvalue weighted by Gasteiger charge is 2.09. The summed E-state index contributed by atoms with van der Waals surface area (Å²) >= 11 is 0.